The van der Waals surface area contributed by atoms with Gasteiger partial charge in [0.25, 0.3) is 5.91 Å². The van der Waals surface area contributed by atoms with Crippen molar-refractivity contribution in [2.75, 3.05) is 7.11 Å². The topological polar surface area (TPSA) is 55.6 Å². The molecule has 5 aromatic rings. The lowest BCUT2D eigenvalue weighted by Gasteiger charge is -2.13. The number of carbonyl (C=O) groups excluding carboxylic acids is 1. The Labute approximate surface area is 204 Å². The maximum Gasteiger partial charge on any atom is 0.271 e. The molecule has 1 aromatic heterocycles. The van der Waals surface area contributed by atoms with Crippen molar-refractivity contribution in [1.29, 1.82) is 0 Å². The number of benzene rings is 4. The van der Waals surface area contributed by atoms with Crippen molar-refractivity contribution in [3.8, 4) is 22.7 Å². The molecule has 0 fully saturated rings. The number of amides is 1. The Bertz CT molecular complexity index is 1520. The van der Waals surface area contributed by atoms with E-state index >= 15 is 0 Å². The number of fused-ring (bicyclic) bond motifs is 1. The summed E-state index contributed by atoms with van der Waals surface area (Å²) < 4.78 is 7.67. The lowest BCUT2D eigenvalue weighted by Crippen LogP contribution is -2.17. The van der Waals surface area contributed by atoms with Crippen LogP contribution in [0.4, 0.5) is 0 Å². The van der Waals surface area contributed by atoms with E-state index in [0.29, 0.717) is 11.3 Å². The summed E-state index contributed by atoms with van der Waals surface area (Å²) in [6.45, 7) is 2.07. The maximum absolute atomic E-state index is 12.7. The van der Waals surface area contributed by atoms with E-state index in [1.165, 1.54) is 0 Å². The molecule has 0 aliphatic rings. The quantitative estimate of drug-likeness (QED) is 0.237. The Morgan fingerprint density at radius 1 is 0.857 bits per heavy atom. The highest BCUT2D eigenvalue weighted by Crippen LogP contribution is 2.27. The Kier molecular flexibility index (Phi) is 6.14. The monoisotopic (exact) mass is 459 g/mol. The van der Waals surface area contributed by atoms with E-state index in [2.05, 4.69) is 46.3 Å². The van der Waals surface area contributed by atoms with Crippen LogP contribution in [0.3, 0.4) is 0 Å². The second kappa shape index (κ2) is 9.69. The molecule has 0 unspecified atom stereocenters. The third kappa shape index (κ3) is 4.44. The third-order valence-electron chi connectivity index (χ3n) is 6.04. The molecule has 1 N–H and O–H groups in total. The minimum Gasteiger partial charge on any atom is -0.496 e. The van der Waals surface area contributed by atoms with Gasteiger partial charge in [-0.25, -0.2) is 5.43 Å². The molecular formula is C30H25N3O2. The van der Waals surface area contributed by atoms with Crippen LogP contribution in [0.15, 0.2) is 108 Å². The zero-order valence-corrected chi connectivity index (χ0v) is 19.6. The van der Waals surface area contributed by atoms with Gasteiger partial charge in [0.15, 0.2) is 0 Å². The first kappa shape index (κ1) is 22.2. The van der Waals surface area contributed by atoms with Crippen LogP contribution in [-0.4, -0.2) is 23.8 Å². The molecule has 0 radical (unpaired) electrons. The van der Waals surface area contributed by atoms with E-state index in [-0.39, 0.29) is 5.91 Å². The number of hydrazone groups is 1. The largest absolute Gasteiger partial charge is 0.496 e. The number of methoxy groups -OCH3 is 1. The van der Waals surface area contributed by atoms with Crippen molar-refractivity contribution < 1.29 is 9.53 Å². The lowest BCUT2D eigenvalue weighted by atomic mass is 10.0. The van der Waals surface area contributed by atoms with E-state index < -0.39 is 0 Å². The van der Waals surface area contributed by atoms with Gasteiger partial charge in [-0.15, -0.1) is 0 Å². The first-order chi connectivity index (χ1) is 17.2. The van der Waals surface area contributed by atoms with Gasteiger partial charge in [-0.1, -0.05) is 60.7 Å². The molecule has 0 bridgehead atoms. The Balaban J connectivity index is 1.36. The second-order valence-electron chi connectivity index (χ2n) is 8.21. The fourth-order valence-corrected chi connectivity index (χ4v) is 4.28. The Hall–Kier alpha value is -4.64. The van der Waals surface area contributed by atoms with Gasteiger partial charge in [0.1, 0.15) is 5.75 Å². The maximum atomic E-state index is 12.7. The molecule has 1 heterocycles. The van der Waals surface area contributed by atoms with Crippen LogP contribution in [-0.2, 0) is 0 Å². The number of aryl methyl sites for hydroxylation is 1. The molecule has 0 aliphatic heterocycles. The number of nitrogens with one attached hydrogen (secondary N) is 1. The van der Waals surface area contributed by atoms with E-state index in [4.69, 9.17) is 4.74 Å². The lowest BCUT2D eigenvalue weighted by molar-refractivity contribution is 0.0955. The van der Waals surface area contributed by atoms with Crippen LogP contribution in [0.2, 0.25) is 0 Å². The van der Waals surface area contributed by atoms with Gasteiger partial charge < -0.3 is 9.30 Å². The summed E-state index contributed by atoms with van der Waals surface area (Å²) in [5, 5.41) is 6.29. The molecule has 172 valence electrons. The van der Waals surface area contributed by atoms with Crippen molar-refractivity contribution in [3.05, 3.63) is 120 Å². The summed E-state index contributed by atoms with van der Waals surface area (Å²) in [4.78, 5) is 12.7. The molecule has 5 nitrogen and oxygen atoms in total. The minimum absolute atomic E-state index is 0.278. The number of hydrogen-bond donors (Lipinski definition) is 1. The highest BCUT2D eigenvalue weighted by atomic mass is 16.5. The highest BCUT2D eigenvalue weighted by molar-refractivity contribution is 6.03. The number of nitrogens with zero attached hydrogens (tertiary/aromatic N) is 2. The molecule has 0 spiro atoms. The van der Waals surface area contributed by atoms with Gasteiger partial charge in [0.2, 0.25) is 0 Å². The van der Waals surface area contributed by atoms with Crippen molar-refractivity contribution in [1.82, 2.24) is 9.99 Å². The summed E-state index contributed by atoms with van der Waals surface area (Å²) in [6, 6.07) is 33.9. The first-order valence-electron chi connectivity index (χ1n) is 11.4. The van der Waals surface area contributed by atoms with E-state index in [0.717, 1.165) is 39.0 Å². The SMILES string of the molecule is COc1ccc2ccccc2c1C=NNC(=O)c1ccc(-n2c(C)ccc2-c2ccccc2)cc1. The average molecular weight is 460 g/mol. The second-order valence-corrected chi connectivity index (χ2v) is 8.21. The van der Waals surface area contributed by atoms with Gasteiger partial charge in [0.05, 0.1) is 19.0 Å². The van der Waals surface area contributed by atoms with Crippen LogP contribution in [0.5, 0.6) is 5.75 Å². The van der Waals surface area contributed by atoms with E-state index in [1.807, 2.05) is 78.9 Å². The van der Waals surface area contributed by atoms with Gasteiger partial charge >= 0.3 is 0 Å². The summed E-state index contributed by atoms with van der Waals surface area (Å²) in [5.41, 5.74) is 8.34. The summed E-state index contributed by atoms with van der Waals surface area (Å²) in [6.07, 6.45) is 1.63. The van der Waals surface area contributed by atoms with Gasteiger partial charge in [-0.3, -0.25) is 4.79 Å². The summed E-state index contributed by atoms with van der Waals surface area (Å²) in [7, 11) is 1.62. The Morgan fingerprint density at radius 3 is 2.37 bits per heavy atom. The molecule has 4 aromatic carbocycles. The number of aromatic nitrogens is 1. The van der Waals surface area contributed by atoms with Crippen molar-refractivity contribution in [2.45, 2.75) is 6.92 Å². The summed E-state index contributed by atoms with van der Waals surface area (Å²) in [5.74, 6) is 0.418. The van der Waals surface area contributed by atoms with E-state index in [9.17, 15) is 4.79 Å². The van der Waals surface area contributed by atoms with E-state index in [1.54, 1.807) is 13.3 Å². The normalized spacial score (nSPS) is 11.1. The molecular weight excluding hydrogens is 434 g/mol. The zero-order chi connectivity index (χ0) is 24.2. The van der Waals surface area contributed by atoms with Crippen molar-refractivity contribution in [2.24, 2.45) is 5.10 Å². The van der Waals surface area contributed by atoms with Gasteiger partial charge in [-0.2, -0.15) is 5.10 Å². The zero-order valence-electron chi connectivity index (χ0n) is 19.6. The number of ether oxygens (including phenoxy) is 1. The molecule has 0 atom stereocenters. The fraction of sp³-hybridized carbons (Fsp3) is 0.0667. The van der Waals surface area contributed by atoms with Crippen LogP contribution in [0, 0.1) is 6.92 Å². The fourth-order valence-electron chi connectivity index (χ4n) is 4.28. The number of rotatable bonds is 6. The van der Waals surface area contributed by atoms with Crippen LogP contribution in [0.25, 0.3) is 27.7 Å². The molecule has 35 heavy (non-hydrogen) atoms. The standard InChI is InChI=1S/C30H25N3O2/c1-21-12-18-28(23-9-4-3-5-10-23)33(21)25-16-13-24(14-17-25)30(34)32-31-20-27-26-11-7-6-8-22(26)15-19-29(27)35-2/h3-20H,1-2H3,(H,32,34). The number of hydrogen-bond acceptors (Lipinski definition) is 3. The third-order valence-corrected chi connectivity index (χ3v) is 6.04. The van der Waals surface area contributed by atoms with Gasteiger partial charge in [0, 0.05) is 22.5 Å². The Morgan fingerprint density at radius 2 is 1.60 bits per heavy atom. The van der Waals surface area contributed by atoms with Crippen molar-refractivity contribution >= 4 is 22.9 Å². The average Bonchev–Trinajstić information content (AvgIpc) is 3.30. The molecule has 5 rings (SSSR count). The van der Waals surface area contributed by atoms with Crippen molar-refractivity contribution in [3.63, 3.8) is 0 Å². The molecule has 0 saturated heterocycles. The highest BCUT2D eigenvalue weighted by Gasteiger charge is 2.11. The predicted molar refractivity (Wildman–Crippen MR) is 142 cm³/mol. The summed E-state index contributed by atoms with van der Waals surface area (Å²) >= 11 is 0. The number of carbonyl (C=O) groups is 1. The molecule has 0 saturated carbocycles. The van der Waals surface area contributed by atoms with Crippen LogP contribution < -0.4 is 10.2 Å². The molecule has 1 amide bonds. The molecule has 5 heteroatoms. The van der Waals surface area contributed by atoms with Gasteiger partial charge in [-0.05, 0) is 65.7 Å². The minimum atomic E-state index is -0.278. The van der Waals surface area contributed by atoms with Crippen LogP contribution >= 0.6 is 0 Å². The molecule has 0 aliphatic carbocycles. The smallest absolute Gasteiger partial charge is 0.271 e. The first-order valence-corrected chi connectivity index (χ1v) is 11.4. The predicted octanol–water partition coefficient (Wildman–Crippen LogP) is 6.38. The van der Waals surface area contributed by atoms with Crippen LogP contribution in [0.1, 0.15) is 21.6 Å².